The number of ether oxygens (including phenoxy) is 2. The van der Waals surface area contributed by atoms with Gasteiger partial charge in [0.15, 0.2) is 11.5 Å². The van der Waals surface area contributed by atoms with Crippen LogP contribution in [0.25, 0.3) is 0 Å². The van der Waals surface area contributed by atoms with Gasteiger partial charge in [-0.15, -0.1) is 0 Å². The number of nitrogens with one attached hydrogen (secondary N) is 1. The molecule has 30 heavy (non-hydrogen) atoms. The van der Waals surface area contributed by atoms with Gasteiger partial charge in [-0.25, -0.2) is 0 Å². The third-order valence-corrected chi connectivity index (χ3v) is 3.19. The molecule has 1 rings (SSSR count). The Kier molecular flexibility index (Phi) is 10.6. The first-order valence-corrected chi connectivity index (χ1v) is 10.1. The summed E-state index contributed by atoms with van der Waals surface area (Å²) < 4.78 is 43.6. The fourth-order valence-electron chi connectivity index (χ4n) is 1.61. The first-order valence-electron chi connectivity index (χ1n) is 8.80. The average Bonchev–Trinajstić information content (AvgIpc) is 2.54. The van der Waals surface area contributed by atoms with Crippen LogP contribution in [0.4, 0.5) is 0 Å². The molecule has 2 N–H and O–H groups in total. The van der Waals surface area contributed by atoms with Crippen molar-refractivity contribution in [2.45, 2.75) is 48.1 Å². The van der Waals surface area contributed by atoms with Crippen LogP contribution in [0, 0.1) is 21.1 Å². The molecule has 1 aromatic rings. The number of halogens is 1. The lowest BCUT2D eigenvalue weighted by Crippen LogP contribution is -2.58. The van der Waals surface area contributed by atoms with Crippen LogP contribution in [0.1, 0.15) is 47.1 Å². The Morgan fingerprint density at radius 2 is 1.43 bits per heavy atom. The molecular formula is C19H28ClNO9. The highest BCUT2D eigenvalue weighted by Gasteiger charge is 2.28. The number of carbonyl (C=O) groups is 3. The Morgan fingerprint density at radius 1 is 1.00 bits per heavy atom. The van der Waals surface area contributed by atoms with Gasteiger partial charge in [-0.2, -0.15) is 14.0 Å². The maximum atomic E-state index is 12.2. The van der Waals surface area contributed by atoms with Crippen LogP contribution < -0.4 is 28.8 Å². The predicted octanol–water partition coefficient (Wildman–Crippen LogP) is -1.25. The number of carbonyl (C=O) groups excluding carboxylic acids is 3. The van der Waals surface area contributed by atoms with E-state index in [1.807, 2.05) is 0 Å². The highest BCUT2D eigenvalue weighted by atomic mass is 35.7. The fourth-order valence-corrected chi connectivity index (χ4v) is 1.61. The maximum Gasteiger partial charge on any atom is 0.316 e. The lowest BCUT2D eigenvalue weighted by atomic mass is 9.97. The summed E-state index contributed by atoms with van der Waals surface area (Å²) in [7, 11) is -4.69. The molecule has 0 radical (unpaired) electrons. The molecule has 0 heterocycles. The average molecular weight is 450 g/mol. The Balaban J connectivity index is 0.00000150. The largest absolute Gasteiger partial charge is 0.422 e. The van der Waals surface area contributed by atoms with Crippen LogP contribution in [0.3, 0.4) is 0 Å². The molecule has 1 aromatic carbocycles. The molecule has 0 aliphatic carbocycles. The van der Waals surface area contributed by atoms with Gasteiger partial charge in [0.05, 0.1) is 32.3 Å². The number of benzene rings is 1. The van der Waals surface area contributed by atoms with Crippen LogP contribution in [-0.4, -0.2) is 29.4 Å². The molecule has 0 unspecified atom stereocenters. The molecule has 170 valence electrons. The molecule has 0 bridgehead atoms. The van der Waals surface area contributed by atoms with E-state index < -0.39 is 33.0 Å². The highest BCUT2D eigenvalue weighted by molar-refractivity contribution is 5.81. The van der Waals surface area contributed by atoms with E-state index in [4.69, 9.17) is 28.1 Å². The van der Waals surface area contributed by atoms with Gasteiger partial charge in [-0.1, -0.05) is 6.07 Å². The molecule has 0 aliphatic heterocycles. The van der Waals surface area contributed by atoms with Gasteiger partial charge in [0.2, 0.25) is 0 Å². The molecular weight excluding hydrogens is 422 g/mol. The maximum absolute atomic E-state index is 12.2. The summed E-state index contributed by atoms with van der Waals surface area (Å²) in [4.78, 5) is 34.8. The standard InChI is InChI=1S/C19H27NO5.ClHO4/c1-18(2,3)16(22)24-14-8-7-13(12-20-9-10-21)11-15(14)25-17(23)19(4,5)6;2-1(3,4)5/h7-8,10-11,20H,9,12H2,1-6H3;(H,2,3,4,5). The van der Waals surface area contributed by atoms with Gasteiger partial charge in [0.25, 0.3) is 0 Å². The van der Waals surface area contributed by atoms with Crippen molar-refractivity contribution >= 4 is 18.2 Å². The Bertz CT molecular complexity index is 725. The normalized spacial score (nSPS) is 11.8. The van der Waals surface area contributed by atoms with Gasteiger partial charge in [-0.3, -0.25) is 9.59 Å². The number of hydrogen-bond acceptors (Lipinski definition) is 10. The van der Waals surface area contributed by atoms with E-state index in [-0.39, 0.29) is 18.0 Å². The van der Waals surface area contributed by atoms with Crippen LogP contribution in [0.2, 0.25) is 0 Å². The van der Waals surface area contributed by atoms with Gasteiger partial charge in [-0.05, 0) is 59.2 Å². The van der Waals surface area contributed by atoms with Crippen molar-refractivity contribution < 1.29 is 52.7 Å². The van der Waals surface area contributed by atoms with Crippen LogP contribution in [-0.2, 0) is 20.9 Å². The van der Waals surface area contributed by atoms with E-state index in [1.54, 1.807) is 59.7 Å². The van der Waals surface area contributed by atoms with E-state index in [1.165, 1.54) is 0 Å². The van der Waals surface area contributed by atoms with Crippen molar-refractivity contribution in [2.75, 3.05) is 6.54 Å². The van der Waals surface area contributed by atoms with Crippen LogP contribution >= 0.6 is 0 Å². The van der Waals surface area contributed by atoms with E-state index in [9.17, 15) is 14.4 Å². The van der Waals surface area contributed by atoms with E-state index in [0.717, 1.165) is 11.8 Å². The second-order valence-electron chi connectivity index (χ2n) is 8.25. The highest BCUT2D eigenvalue weighted by Crippen LogP contribution is 2.32. The monoisotopic (exact) mass is 449 g/mol. The minimum atomic E-state index is -4.69. The lowest BCUT2D eigenvalue weighted by Gasteiger charge is -2.20. The van der Waals surface area contributed by atoms with E-state index in [0.29, 0.717) is 6.54 Å². The smallest absolute Gasteiger partial charge is 0.316 e. The first-order chi connectivity index (χ1) is 13.4. The molecule has 0 saturated heterocycles. The van der Waals surface area contributed by atoms with E-state index in [2.05, 4.69) is 5.32 Å². The summed E-state index contributed by atoms with van der Waals surface area (Å²) in [6, 6.07) is 4.97. The number of rotatable bonds is 6. The number of hydrogen-bond donors (Lipinski definition) is 2. The van der Waals surface area contributed by atoms with Gasteiger partial charge >= 0.3 is 11.9 Å². The zero-order valence-corrected chi connectivity index (χ0v) is 18.6. The second-order valence-corrected chi connectivity index (χ2v) is 9.05. The molecule has 0 amide bonds. The minimum Gasteiger partial charge on any atom is -0.422 e. The number of esters is 2. The second kappa shape index (κ2) is 11.3. The lowest BCUT2D eigenvalue weighted by molar-refractivity contribution is -1.92. The molecule has 0 fully saturated rings. The van der Waals surface area contributed by atoms with Gasteiger partial charge < -0.3 is 19.6 Å². The molecule has 10 nitrogen and oxygen atoms in total. The van der Waals surface area contributed by atoms with Crippen LogP contribution in [0.15, 0.2) is 18.2 Å². The van der Waals surface area contributed by atoms with Gasteiger partial charge in [0, 0.05) is 6.54 Å². The summed E-state index contributed by atoms with van der Waals surface area (Å²) in [5, 5.41) is 2.93. The van der Waals surface area contributed by atoms with Crippen molar-refractivity contribution in [3.63, 3.8) is 0 Å². The topological polar surface area (TPSA) is 171 Å². The summed E-state index contributed by atoms with van der Waals surface area (Å²) in [6.07, 6.45) is 0.764. The zero-order valence-electron chi connectivity index (χ0n) is 17.8. The quantitative estimate of drug-likeness (QED) is 0.231. The minimum absolute atomic E-state index is 0.183. The fraction of sp³-hybridized carbons (Fsp3) is 0.526. The van der Waals surface area contributed by atoms with Gasteiger partial charge in [0.1, 0.15) is 6.29 Å². The van der Waals surface area contributed by atoms with Crippen molar-refractivity contribution in [1.29, 1.82) is 0 Å². The van der Waals surface area contributed by atoms with Crippen molar-refractivity contribution in [3.8, 4) is 11.5 Å². The third kappa shape index (κ3) is 12.5. The zero-order chi connectivity index (χ0) is 23.8. The Hall–Kier alpha value is -2.08. The third-order valence-electron chi connectivity index (χ3n) is 3.19. The molecule has 0 aliphatic rings. The molecule has 0 aromatic heterocycles. The summed E-state index contributed by atoms with van der Waals surface area (Å²) in [5.74, 6) is -0.481. The van der Waals surface area contributed by atoms with E-state index >= 15 is 0 Å². The SMILES string of the molecule is CC(C)(C)C(=O)Oc1ccc(CNCC=O)cc1OC(=O)C(C)(C)C.[O-][Cl+3]([O-])([O-])O. The summed E-state index contributed by atoms with van der Waals surface area (Å²) in [6.45, 7) is 11.1. The van der Waals surface area contributed by atoms with Crippen LogP contribution in [0.5, 0.6) is 11.5 Å². The molecule has 0 saturated carbocycles. The van der Waals surface area contributed by atoms with Crippen molar-refractivity contribution in [1.82, 2.24) is 5.32 Å². The predicted molar refractivity (Wildman–Crippen MR) is 96.6 cm³/mol. The Morgan fingerprint density at radius 3 is 1.83 bits per heavy atom. The molecule has 0 atom stereocenters. The Labute approximate surface area is 177 Å². The first kappa shape index (κ1) is 27.9. The van der Waals surface area contributed by atoms with Crippen molar-refractivity contribution in [3.05, 3.63) is 23.8 Å². The summed E-state index contributed by atoms with van der Waals surface area (Å²) in [5.41, 5.74) is -0.582. The van der Waals surface area contributed by atoms with Crippen molar-refractivity contribution in [2.24, 2.45) is 10.8 Å². The molecule has 0 spiro atoms. The molecule has 11 heteroatoms. The number of aldehydes is 1. The summed E-state index contributed by atoms with van der Waals surface area (Å²) >= 11 is 0.